The van der Waals surface area contributed by atoms with E-state index in [4.69, 9.17) is 5.73 Å². The van der Waals surface area contributed by atoms with Gasteiger partial charge in [0.05, 0.1) is 6.61 Å². The summed E-state index contributed by atoms with van der Waals surface area (Å²) in [6.07, 6.45) is -4.55. The third-order valence-corrected chi connectivity index (χ3v) is 2.23. The van der Waals surface area contributed by atoms with E-state index in [0.717, 1.165) is 0 Å². The van der Waals surface area contributed by atoms with E-state index in [0.29, 0.717) is 6.54 Å². The lowest BCUT2D eigenvalue weighted by atomic mass is 10.0. The molecule has 0 rings (SSSR count). The van der Waals surface area contributed by atoms with Gasteiger partial charge in [0, 0.05) is 18.6 Å². The molecule has 0 aromatic rings. The Morgan fingerprint density at radius 2 is 1.79 bits per heavy atom. The van der Waals surface area contributed by atoms with Gasteiger partial charge in [-0.25, -0.2) is 0 Å². The maximum atomic E-state index is 11.6. The van der Waals surface area contributed by atoms with Crippen LogP contribution in [-0.4, -0.2) is 43.5 Å². The van der Waals surface area contributed by atoms with E-state index in [1.807, 2.05) is 13.8 Å². The van der Waals surface area contributed by atoms with E-state index in [2.05, 4.69) is 4.74 Å². The van der Waals surface area contributed by atoms with Gasteiger partial charge in [0.1, 0.15) is 0 Å². The Bertz CT molecular complexity index is 170. The van der Waals surface area contributed by atoms with E-state index >= 15 is 0 Å². The molecule has 3 nitrogen and oxygen atoms in total. The van der Waals surface area contributed by atoms with Crippen LogP contribution in [0, 0.1) is 0 Å². The molecule has 0 atom stereocenters. The predicted molar refractivity (Wildman–Crippen MR) is 47.8 cm³/mol. The first kappa shape index (κ1) is 13.7. The number of hydrogen-bond donors (Lipinski definition) is 1. The molecule has 6 heteroatoms. The Labute approximate surface area is 82.0 Å². The smallest absolute Gasteiger partial charge is 0.329 e. The average Bonchev–Trinajstić information content (AvgIpc) is 2.02. The Balaban J connectivity index is 3.80. The van der Waals surface area contributed by atoms with Crippen LogP contribution in [0.2, 0.25) is 0 Å². The quantitative estimate of drug-likeness (QED) is 0.747. The van der Waals surface area contributed by atoms with Crippen LogP contribution in [0.3, 0.4) is 0 Å². The van der Waals surface area contributed by atoms with Crippen LogP contribution in [0.1, 0.15) is 13.8 Å². The highest BCUT2D eigenvalue weighted by atomic mass is 19.4. The van der Waals surface area contributed by atoms with Gasteiger partial charge >= 0.3 is 6.36 Å². The molecule has 0 fully saturated rings. The minimum atomic E-state index is -4.55. The Hall–Kier alpha value is -0.330. The second-order valence-corrected chi connectivity index (χ2v) is 3.73. The zero-order valence-corrected chi connectivity index (χ0v) is 8.69. The van der Waals surface area contributed by atoms with Crippen molar-refractivity contribution >= 4 is 0 Å². The number of ether oxygens (including phenoxy) is 1. The first-order valence-electron chi connectivity index (χ1n) is 4.31. The molecule has 0 aromatic carbocycles. The van der Waals surface area contributed by atoms with Crippen molar-refractivity contribution in [2.75, 3.05) is 26.7 Å². The number of hydrogen-bond acceptors (Lipinski definition) is 3. The second-order valence-electron chi connectivity index (χ2n) is 3.73. The monoisotopic (exact) mass is 214 g/mol. The van der Waals surface area contributed by atoms with Gasteiger partial charge in [-0.2, -0.15) is 0 Å². The number of nitrogens with two attached hydrogens (primary N) is 1. The highest BCUT2D eigenvalue weighted by molar-refractivity contribution is 4.79. The van der Waals surface area contributed by atoms with E-state index < -0.39 is 6.36 Å². The lowest BCUT2D eigenvalue weighted by Gasteiger charge is -2.34. The summed E-state index contributed by atoms with van der Waals surface area (Å²) in [5.74, 6) is 0. The third-order valence-electron chi connectivity index (χ3n) is 2.23. The van der Waals surface area contributed by atoms with Crippen molar-refractivity contribution in [2.24, 2.45) is 5.73 Å². The van der Waals surface area contributed by atoms with Crippen molar-refractivity contribution in [1.82, 2.24) is 4.90 Å². The van der Waals surface area contributed by atoms with Crippen molar-refractivity contribution < 1.29 is 17.9 Å². The van der Waals surface area contributed by atoms with Crippen LogP contribution in [0.4, 0.5) is 13.2 Å². The van der Waals surface area contributed by atoms with Crippen LogP contribution in [0.15, 0.2) is 0 Å². The fourth-order valence-corrected chi connectivity index (χ4v) is 0.757. The van der Waals surface area contributed by atoms with Crippen molar-refractivity contribution in [1.29, 1.82) is 0 Å². The van der Waals surface area contributed by atoms with Gasteiger partial charge in [-0.15, -0.1) is 13.2 Å². The SMILES string of the molecule is CN(CCOC(F)(F)F)C(C)(C)CN. The molecule has 2 N–H and O–H groups in total. The average molecular weight is 214 g/mol. The number of rotatable bonds is 5. The van der Waals surface area contributed by atoms with Crippen LogP contribution >= 0.6 is 0 Å². The van der Waals surface area contributed by atoms with Crippen LogP contribution in [0.5, 0.6) is 0 Å². The Morgan fingerprint density at radius 1 is 1.29 bits per heavy atom. The largest absolute Gasteiger partial charge is 0.522 e. The molecule has 0 bridgehead atoms. The molecule has 0 aliphatic heterocycles. The van der Waals surface area contributed by atoms with Crippen LogP contribution in [0.25, 0.3) is 0 Å². The molecule has 14 heavy (non-hydrogen) atoms. The molecule has 0 radical (unpaired) electrons. The summed E-state index contributed by atoms with van der Waals surface area (Å²) in [7, 11) is 1.71. The molecule has 0 aliphatic rings. The normalized spacial score (nSPS) is 13.7. The van der Waals surface area contributed by atoms with Gasteiger partial charge in [-0.05, 0) is 20.9 Å². The number of likely N-dealkylation sites (N-methyl/N-ethyl adjacent to an activating group) is 1. The van der Waals surface area contributed by atoms with Gasteiger partial charge in [0.15, 0.2) is 0 Å². The number of alkyl halides is 3. The molecule has 0 saturated heterocycles. The summed E-state index contributed by atoms with van der Waals surface area (Å²) >= 11 is 0. The summed E-state index contributed by atoms with van der Waals surface area (Å²) in [4.78, 5) is 1.73. The van der Waals surface area contributed by atoms with E-state index in [1.54, 1.807) is 11.9 Å². The fraction of sp³-hybridized carbons (Fsp3) is 1.00. The maximum absolute atomic E-state index is 11.6. The van der Waals surface area contributed by atoms with Gasteiger partial charge in [-0.1, -0.05) is 0 Å². The zero-order chi connectivity index (χ0) is 11.4. The predicted octanol–water partition coefficient (Wildman–Crippen LogP) is 1.19. The molecule has 0 amide bonds. The standard InChI is InChI=1S/C8H17F3N2O/c1-7(2,6-12)13(3)4-5-14-8(9,10)11/h4-6,12H2,1-3H3. The summed E-state index contributed by atoms with van der Waals surface area (Å²) in [5, 5.41) is 0. The number of halogens is 3. The van der Waals surface area contributed by atoms with Crippen LogP contribution < -0.4 is 5.73 Å². The Kier molecular flexibility index (Phi) is 4.83. The van der Waals surface area contributed by atoms with Gasteiger partial charge in [0.25, 0.3) is 0 Å². The first-order valence-corrected chi connectivity index (χ1v) is 4.31. The minimum Gasteiger partial charge on any atom is -0.329 e. The lowest BCUT2D eigenvalue weighted by molar-refractivity contribution is -0.325. The molecule has 0 aliphatic carbocycles. The molecular weight excluding hydrogens is 197 g/mol. The minimum absolute atomic E-state index is 0.198. The Morgan fingerprint density at radius 3 is 2.14 bits per heavy atom. The highest BCUT2D eigenvalue weighted by Gasteiger charge is 2.29. The van der Waals surface area contributed by atoms with Crippen molar-refractivity contribution in [2.45, 2.75) is 25.7 Å². The fourth-order valence-electron chi connectivity index (χ4n) is 0.757. The summed E-state index contributed by atoms with van der Waals surface area (Å²) in [5.41, 5.74) is 5.15. The van der Waals surface area contributed by atoms with Crippen molar-refractivity contribution in [3.63, 3.8) is 0 Å². The van der Waals surface area contributed by atoms with Gasteiger partial charge < -0.3 is 5.73 Å². The molecule has 0 aromatic heterocycles. The van der Waals surface area contributed by atoms with Crippen molar-refractivity contribution in [3.05, 3.63) is 0 Å². The lowest BCUT2D eigenvalue weighted by Crippen LogP contribution is -2.48. The topological polar surface area (TPSA) is 38.5 Å². The zero-order valence-electron chi connectivity index (χ0n) is 8.69. The molecular formula is C8H17F3N2O. The van der Waals surface area contributed by atoms with Crippen molar-refractivity contribution in [3.8, 4) is 0 Å². The van der Waals surface area contributed by atoms with E-state index in [-0.39, 0.29) is 18.7 Å². The van der Waals surface area contributed by atoms with Gasteiger partial charge in [0.2, 0.25) is 0 Å². The molecule has 0 saturated carbocycles. The summed E-state index contributed by atoms with van der Waals surface area (Å²) < 4.78 is 38.5. The molecule has 0 heterocycles. The number of nitrogens with zero attached hydrogens (tertiary/aromatic N) is 1. The second kappa shape index (κ2) is 4.95. The maximum Gasteiger partial charge on any atom is 0.522 e. The van der Waals surface area contributed by atoms with Crippen LogP contribution in [-0.2, 0) is 4.74 Å². The molecule has 0 unspecified atom stereocenters. The first-order chi connectivity index (χ1) is 6.19. The summed E-state index contributed by atoms with van der Waals surface area (Å²) in [6, 6.07) is 0. The van der Waals surface area contributed by atoms with E-state index in [9.17, 15) is 13.2 Å². The molecule has 0 spiro atoms. The van der Waals surface area contributed by atoms with Gasteiger partial charge in [-0.3, -0.25) is 9.64 Å². The highest BCUT2D eigenvalue weighted by Crippen LogP contribution is 2.16. The third kappa shape index (κ3) is 5.41. The molecule has 86 valence electrons. The van der Waals surface area contributed by atoms with E-state index in [1.165, 1.54) is 0 Å². The summed E-state index contributed by atoms with van der Waals surface area (Å²) in [6.45, 7) is 3.93.